The summed E-state index contributed by atoms with van der Waals surface area (Å²) in [6, 6.07) is 4.59. The molecular formula is C45H67N13O11S2. The quantitative estimate of drug-likeness (QED) is 0.0282. The van der Waals surface area contributed by atoms with Crippen LogP contribution in [0, 0.1) is 0 Å². The Labute approximate surface area is 419 Å². The van der Waals surface area contributed by atoms with Crippen molar-refractivity contribution < 1.29 is 53.4 Å². The molecule has 0 saturated carbocycles. The molecule has 3 rings (SSSR count). The van der Waals surface area contributed by atoms with Gasteiger partial charge in [-0.1, -0.05) is 64.1 Å². The third-order valence-electron chi connectivity index (χ3n) is 10.8. The number of aliphatic hydroxyl groups is 1. The Bertz CT molecular complexity index is 2180. The number of benzene rings is 2. The second kappa shape index (κ2) is 29.5. The van der Waals surface area contributed by atoms with E-state index in [1.807, 2.05) is 0 Å². The van der Waals surface area contributed by atoms with Crippen LogP contribution in [0.1, 0.15) is 64.0 Å². The molecule has 1 aliphatic heterocycles. The highest BCUT2D eigenvalue weighted by Crippen LogP contribution is 2.39. The Hall–Kier alpha value is -6.64. The van der Waals surface area contributed by atoms with Crippen molar-refractivity contribution in [1.82, 2.24) is 42.5 Å². The molecule has 7 atom stereocenters. The number of nitrogens with one attached hydrogen (secondary N) is 8. The summed E-state index contributed by atoms with van der Waals surface area (Å²) in [5.74, 6) is -8.02. The first-order valence-electron chi connectivity index (χ1n) is 22.8. The third-order valence-corrected chi connectivity index (χ3v) is 14.1. The van der Waals surface area contributed by atoms with Crippen molar-refractivity contribution in [1.29, 1.82) is 0 Å². The van der Waals surface area contributed by atoms with Crippen LogP contribution >= 0.6 is 21.6 Å². The number of aliphatic hydroxyl groups excluding tert-OH is 1. The van der Waals surface area contributed by atoms with Crippen molar-refractivity contribution in [2.45, 2.75) is 113 Å². The lowest BCUT2D eigenvalue weighted by atomic mass is 10.00. The molecule has 26 heteroatoms. The van der Waals surface area contributed by atoms with Crippen LogP contribution in [-0.2, 0) is 56.0 Å². The highest BCUT2D eigenvalue weighted by molar-refractivity contribution is 8.77. The van der Waals surface area contributed by atoms with Crippen LogP contribution in [0.2, 0.25) is 0 Å². The molecule has 0 unspecified atom stereocenters. The van der Waals surface area contributed by atoms with Crippen molar-refractivity contribution in [3.63, 3.8) is 0 Å². The minimum Gasteiger partial charge on any atom is -0.508 e. The van der Waals surface area contributed by atoms with E-state index in [9.17, 15) is 53.4 Å². The summed E-state index contributed by atoms with van der Waals surface area (Å²) < 4.78 is -1.23. The summed E-state index contributed by atoms with van der Waals surface area (Å²) >= 11 is 0. The zero-order valence-electron chi connectivity index (χ0n) is 39.9. The molecule has 24 nitrogen and oxygen atoms in total. The van der Waals surface area contributed by atoms with E-state index in [4.69, 9.17) is 22.9 Å². The summed E-state index contributed by atoms with van der Waals surface area (Å²) in [7, 11) is 2.06. The first-order chi connectivity index (χ1) is 33.6. The van der Waals surface area contributed by atoms with Gasteiger partial charge in [0.15, 0.2) is 5.96 Å². The fourth-order valence-corrected chi connectivity index (χ4v) is 9.82. The summed E-state index contributed by atoms with van der Waals surface area (Å²) in [5.41, 5.74) is 23.2. The zero-order valence-corrected chi connectivity index (χ0v) is 41.5. The third kappa shape index (κ3) is 20.7. The minimum atomic E-state index is -1.64. The number of aromatic hydroxyl groups is 1. The van der Waals surface area contributed by atoms with Gasteiger partial charge in [0.05, 0.1) is 13.2 Å². The molecule has 390 valence electrons. The number of primary amides is 1. The van der Waals surface area contributed by atoms with E-state index >= 15 is 0 Å². The van der Waals surface area contributed by atoms with Crippen LogP contribution < -0.4 is 65.5 Å². The van der Waals surface area contributed by atoms with E-state index in [0.717, 1.165) is 21.6 Å². The predicted molar refractivity (Wildman–Crippen MR) is 267 cm³/mol. The smallest absolute Gasteiger partial charge is 0.245 e. The number of rotatable bonds is 19. The molecule has 71 heavy (non-hydrogen) atoms. The van der Waals surface area contributed by atoms with Crippen LogP contribution in [0.5, 0.6) is 5.75 Å². The zero-order chi connectivity index (χ0) is 52.7. The average Bonchev–Trinajstić information content (AvgIpc) is 3.31. The second-order valence-electron chi connectivity index (χ2n) is 17.1. The number of hydrogen-bond acceptors (Lipinski definition) is 15. The van der Waals surface area contributed by atoms with Crippen LogP contribution in [0.3, 0.4) is 0 Å². The topological polar surface area (TPSA) is 407 Å². The number of carbonyl (C=O) groups is 9. The van der Waals surface area contributed by atoms with Gasteiger partial charge in [0, 0.05) is 36.8 Å². The van der Waals surface area contributed by atoms with Crippen molar-refractivity contribution >= 4 is 80.7 Å². The maximum Gasteiger partial charge on any atom is 0.245 e. The summed E-state index contributed by atoms with van der Waals surface area (Å²) in [6.45, 7) is 3.17. The van der Waals surface area contributed by atoms with Crippen molar-refractivity contribution in [2.24, 2.45) is 27.9 Å². The van der Waals surface area contributed by atoms with E-state index in [2.05, 4.69) is 47.5 Å². The van der Waals surface area contributed by atoms with Gasteiger partial charge in [-0.05, 0) is 75.8 Å². The number of phenols is 1. The van der Waals surface area contributed by atoms with Crippen molar-refractivity contribution in [3.8, 4) is 5.75 Å². The van der Waals surface area contributed by atoms with E-state index in [0.29, 0.717) is 24.0 Å². The maximum atomic E-state index is 14.5. The van der Waals surface area contributed by atoms with Gasteiger partial charge >= 0.3 is 0 Å². The molecule has 0 spiro atoms. The number of unbranched alkanes of at least 4 members (excludes halogenated alkanes) is 1. The number of amides is 9. The number of aliphatic imine (C=N–C) groups is 1. The number of carbonyl (C=O) groups excluding carboxylic acids is 9. The molecule has 1 saturated heterocycles. The number of guanidine groups is 1. The lowest BCUT2D eigenvalue weighted by Gasteiger charge is -2.34. The lowest BCUT2D eigenvalue weighted by molar-refractivity contribution is -0.135. The summed E-state index contributed by atoms with van der Waals surface area (Å²) in [6.07, 6.45) is 0.911. The molecule has 2 aromatic carbocycles. The largest absolute Gasteiger partial charge is 0.508 e. The Morgan fingerprint density at radius 1 is 0.775 bits per heavy atom. The molecule has 18 N–H and O–H groups in total. The van der Waals surface area contributed by atoms with Gasteiger partial charge < -0.3 is 75.7 Å². The first kappa shape index (κ1) is 58.7. The SMILES string of the molecule is CC(=O)N[C@H]1C(=O)N[C@@H](Cc2ccc(O)cc2)C(=O)NCC(=O)N[C@@H](CO)C(=O)N[C@@H](Cc2ccccc2)C(=O)N[C@H](C(=O)N[C@@H](CCCCN)C(=O)N[C@@H](CCCN=C(N)N)C(N)=O)CSSC1(C)C. The summed E-state index contributed by atoms with van der Waals surface area (Å²) in [5, 5.41) is 40.7. The van der Waals surface area contributed by atoms with E-state index < -0.39 is 113 Å². The molecular weight excluding hydrogens is 963 g/mol. The second-order valence-corrected chi connectivity index (χ2v) is 20.1. The van der Waals surface area contributed by atoms with Gasteiger partial charge in [0.1, 0.15) is 48.0 Å². The van der Waals surface area contributed by atoms with Crippen LogP contribution in [0.25, 0.3) is 0 Å². The molecule has 0 bridgehead atoms. The van der Waals surface area contributed by atoms with Crippen LogP contribution in [-0.4, -0.2) is 148 Å². The van der Waals surface area contributed by atoms with Gasteiger partial charge in [0.25, 0.3) is 0 Å². The Morgan fingerprint density at radius 2 is 1.38 bits per heavy atom. The Kier molecular flexibility index (Phi) is 24.4. The fourth-order valence-electron chi connectivity index (χ4n) is 7.00. The Morgan fingerprint density at radius 3 is 1.99 bits per heavy atom. The highest BCUT2D eigenvalue weighted by Gasteiger charge is 2.40. The molecule has 1 heterocycles. The maximum absolute atomic E-state index is 14.5. The van der Waals surface area contributed by atoms with E-state index in [1.54, 1.807) is 44.2 Å². The Balaban J connectivity index is 2.09. The number of nitrogens with two attached hydrogens (primary N) is 4. The average molecular weight is 1030 g/mol. The highest BCUT2D eigenvalue weighted by atomic mass is 33.1. The predicted octanol–water partition coefficient (Wildman–Crippen LogP) is -3.46. The van der Waals surface area contributed by atoms with Gasteiger partial charge in [-0.2, -0.15) is 0 Å². The van der Waals surface area contributed by atoms with Crippen LogP contribution in [0.4, 0.5) is 0 Å². The van der Waals surface area contributed by atoms with Gasteiger partial charge in [-0.25, -0.2) is 0 Å². The molecule has 0 radical (unpaired) electrons. The normalized spacial score (nSPS) is 21.3. The number of nitrogens with zero attached hydrogens (tertiary/aromatic N) is 1. The first-order valence-corrected chi connectivity index (χ1v) is 25.1. The van der Waals surface area contributed by atoms with Gasteiger partial charge in [-0.3, -0.25) is 48.1 Å². The molecule has 1 fully saturated rings. The standard InChI is InChI=1S/C45H67N13O11S2/c1-25(60)52-36-43(69)57-31(21-27-14-16-28(61)17-15-27)38(64)51-22-35(62)53-33(23-59)41(67)56-32(20-26-10-5-4-6-11-26)40(66)58-34(24-70-71-45(36,2)3)42(68)55-30(12-7-8-18-46)39(65)54-29(37(47)63)13-9-19-50-44(48)49/h4-6,10-11,14-17,29-34,36,59,61H,7-9,12-13,18-24,46H2,1-3H3,(H2,47,63)(H,51,64)(H,52,60)(H,53,62)(H,54,65)(H,55,68)(H,56,67)(H,57,69)(H,58,66)(H4,48,49,50)/t29-,30-,31-,32-,33-,34-,36-/m0/s1. The van der Waals surface area contributed by atoms with Crippen molar-refractivity contribution in [3.05, 3.63) is 65.7 Å². The number of hydrogen-bond donors (Lipinski definition) is 14. The molecule has 1 aliphatic rings. The fraction of sp³-hybridized carbons (Fsp3) is 0.511. The summed E-state index contributed by atoms with van der Waals surface area (Å²) in [4.78, 5) is 127. The minimum absolute atomic E-state index is 0.0457. The molecule has 2 aromatic rings. The van der Waals surface area contributed by atoms with Crippen LogP contribution in [0.15, 0.2) is 59.6 Å². The van der Waals surface area contributed by atoms with Gasteiger partial charge in [0.2, 0.25) is 53.2 Å². The van der Waals surface area contributed by atoms with E-state index in [-0.39, 0.29) is 62.7 Å². The molecule has 9 amide bonds. The monoisotopic (exact) mass is 1030 g/mol. The van der Waals surface area contributed by atoms with Gasteiger partial charge in [-0.15, -0.1) is 0 Å². The molecule has 0 aromatic heterocycles. The lowest BCUT2D eigenvalue weighted by Crippen LogP contribution is -2.61. The number of phenolic OH excluding ortho intramolecular Hbond substituents is 1. The van der Waals surface area contributed by atoms with E-state index in [1.165, 1.54) is 31.2 Å². The van der Waals surface area contributed by atoms with Crippen molar-refractivity contribution in [2.75, 3.05) is 32.0 Å². The molecule has 0 aliphatic carbocycles.